The summed E-state index contributed by atoms with van der Waals surface area (Å²) in [6.07, 6.45) is 0. The minimum absolute atomic E-state index is 0.234. The number of carbonyl (C=O) groups is 3. The third kappa shape index (κ3) is 3.75. The number of halogens is 1. The lowest BCUT2D eigenvalue weighted by atomic mass is 9.71. The van der Waals surface area contributed by atoms with Crippen LogP contribution in [0.4, 0.5) is 0 Å². The van der Waals surface area contributed by atoms with Crippen molar-refractivity contribution in [2.24, 2.45) is 0 Å². The fourth-order valence-corrected chi connectivity index (χ4v) is 3.05. The van der Waals surface area contributed by atoms with Crippen LogP contribution in [-0.2, 0) is 24.5 Å². The second kappa shape index (κ2) is 6.76. The Morgan fingerprint density at radius 3 is 2.46 bits per heavy atom. The molecule has 1 aromatic rings. The van der Waals surface area contributed by atoms with Gasteiger partial charge in [-0.3, -0.25) is 14.4 Å². The molecule has 2 rings (SSSR count). The molecule has 0 unspecified atom stereocenters. The molecule has 0 heterocycles. The van der Waals surface area contributed by atoms with Crippen molar-refractivity contribution in [3.05, 3.63) is 39.9 Å². The summed E-state index contributed by atoms with van der Waals surface area (Å²) in [5.74, 6) is -2.54. The lowest BCUT2D eigenvalue weighted by molar-refractivity contribution is -0.154. The average molecular weight is 380 g/mol. The quantitative estimate of drug-likeness (QED) is 0.622. The van der Waals surface area contributed by atoms with Crippen LogP contribution in [0.5, 0.6) is 0 Å². The Kier molecular flexibility index (Phi) is 5.19. The molecule has 0 fully saturated rings. The molecule has 0 atom stereocenters. The van der Waals surface area contributed by atoms with E-state index in [1.54, 1.807) is 52.8 Å². The van der Waals surface area contributed by atoms with Crippen molar-refractivity contribution in [1.82, 2.24) is 5.32 Å². The minimum Gasteiger partial charge on any atom is -0.506 e. The number of aliphatic hydroxyl groups excluding tert-OH is 1. The highest BCUT2D eigenvalue weighted by molar-refractivity contribution is 6.35. The van der Waals surface area contributed by atoms with Crippen molar-refractivity contribution in [1.29, 1.82) is 0 Å². The number of fused-ring (bicyclic) bond motifs is 1. The standard InChI is InChI=1S/C19H22ClNO5/c1-18(2,3)26-12(22)9-21-17(25)14-15(23)13-10(7-6-8-11(13)20)19(4,5)16(14)24/h6-8,23H,9H2,1-5H3,(H,21,25). The Morgan fingerprint density at radius 2 is 1.88 bits per heavy atom. The molecular weight excluding hydrogens is 358 g/mol. The fourth-order valence-electron chi connectivity index (χ4n) is 2.78. The highest BCUT2D eigenvalue weighted by Crippen LogP contribution is 2.42. The Bertz CT molecular complexity index is 818. The number of aliphatic hydroxyl groups is 1. The molecule has 0 saturated heterocycles. The van der Waals surface area contributed by atoms with E-state index < -0.39 is 46.6 Å². The third-order valence-electron chi connectivity index (χ3n) is 4.00. The summed E-state index contributed by atoms with van der Waals surface area (Å²) in [4.78, 5) is 37.1. The highest BCUT2D eigenvalue weighted by Gasteiger charge is 2.44. The maximum Gasteiger partial charge on any atom is 0.325 e. The molecule has 0 spiro atoms. The number of nitrogens with one attached hydrogen (secondary N) is 1. The van der Waals surface area contributed by atoms with E-state index in [2.05, 4.69) is 5.32 Å². The summed E-state index contributed by atoms with van der Waals surface area (Å²) in [7, 11) is 0. The normalized spacial score (nSPS) is 16.2. The van der Waals surface area contributed by atoms with Crippen LogP contribution in [0.3, 0.4) is 0 Å². The van der Waals surface area contributed by atoms with E-state index in [0.717, 1.165) is 0 Å². The van der Waals surface area contributed by atoms with Crippen molar-refractivity contribution >= 4 is 35.0 Å². The Hall–Kier alpha value is -2.34. The van der Waals surface area contributed by atoms with Crippen LogP contribution in [-0.4, -0.2) is 34.9 Å². The summed E-state index contributed by atoms with van der Waals surface area (Å²) in [5, 5.41) is 13.1. The van der Waals surface area contributed by atoms with Gasteiger partial charge >= 0.3 is 5.97 Å². The second-order valence-electron chi connectivity index (χ2n) is 7.61. The van der Waals surface area contributed by atoms with E-state index in [4.69, 9.17) is 16.3 Å². The summed E-state index contributed by atoms with van der Waals surface area (Å²) in [5.41, 5.74) is -1.37. The monoisotopic (exact) mass is 379 g/mol. The first kappa shape index (κ1) is 20.0. The SMILES string of the molecule is CC(C)(C)OC(=O)CNC(=O)C1=C(O)c2c(Cl)cccc2C(C)(C)C1=O. The second-order valence-corrected chi connectivity index (χ2v) is 8.02. The molecule has 6 nitrogen and oxygen atoms in total. The molecule has 1 aromatic carbocycles. The Labute approximate surface area is 157 Å². The summed E-state index contributed by atoms with van der Waals surface area (Å²) in [6.45, 7) is 7.99. The summed E-state index contributed by atoms with van der Waals surface area (Å²) in [6, 6.07) is 4.93. The van der Waals surface area contributed by atoms with Gasteiger partial charge in [-0.25, -0.2) is 0 Å². The molecule has 0 aromatic heterocycles. The van der Waals surface area contributed by atoms with Crippen molar-refractivity contribution in [3.63, 3.8) is 0 Å². The van der Waals surface area contributed by atoms with Gasteiger partial charge in [0.25, 0.3) is 5.91 Å². The van der Waals surface area contributed by atoms with Crippen LogP contribution in [0.15, 0.2) is 23.8 Å². The van der Waals surface area contributed by atoms with Gasteiger partial charge in [-0.1, -0.05) is 23.7 Å². The number of ketones is 1. The van der Waals surface area contributed by atoms with Crippen LogP contribution in [0.25, 0.3) is 5.76 Å². The van der Waals surface area contributed by atoms with E-state index >= 15 is 0 Å². The van der Waals surface area contributed by atoms with Gasteiger partial charge in [-0.15, -0.1) is 0 Å². The maximum absolute atomic E-state index is 12.8. The van der Waals surface area contributed by atoms with E-state index in [-0.39, 0.29) is 10.6 Å². The number of hydrogen-bond acceptors (Lipinski definition) is 5. The lowest BCUT2D eigenvalue weighted by Crippen LogP contribution is -2.43. The van der Waals surface area contributed by atoms with Gasteiger partial charge < -0.3 is 15.2 Å². The van der Waals surface area contributed by atoms with Gasteiger partial charge in [-0.05, 0) is 46.2 Å². The first-order valence-electron chi connectivity index (χ1n) is 8.13. The number of benzene rings is 1. The van der Waals surface area contributed by atoms with Gasteiger partial charge in [0.15, 0.2) is 5.78 Å². The van der Waals surface area contributed by atoms with Crippen LogP contribution in [0, 0.1) is 0 Å². The third-order valence-corrected chi connectivity index (χ3v) is 4.31. The average Bonchev–Trinajstić information content (AvgIpc) is 2.49. The number of Topliss-reactive ketones (excluding diaryl/α,β-unsaturated/α-hetero) is 1. The Balaban J connectivity index is 2.34. The zero-order valence-electron chi connectivity index (χ0n) is 15.4. The van der Waals surface area contributed by atoms with E-state index in [1.165, 1.54) is 0 Å². The van der Waals surface area contributed by atoms with E-state index in [0.29, 0.717) is 5.56 Å². The van der Waals surface area contributed by atoms with E-state index in [1.807, 2.05) is 0 Å². The van der Waals surface area contributed by atoms with Gasteiger partial charge in [0.05, 0.1) is 10.4 Å². The number of esters is 1. The lowest BCUT2D eigenvalue weighted by Gasteiger charge is -2.32. The molecule has 0 saturated carbocycles. The molecular formula is C19H22ClNO5. The van der Waals surface area contributed by atoms with Crippen molar-refractivity contribution in [3.8, 4) is 0 Å². The van der Waals surface area contributed by atoms with Crippen molar-refractivity contribution in [2.45, 2.75) is 45.6 Å². The van der Waals surface area contributed by atoms with Crippen molar-refractivity contribution < 1.29 is 24.2 Å². The first-order chi connectivity index (χ1) is 11.9. The van der Waals surface area contributed by atoms with Gasteiger partial charge in [0.2, 0.25) is 0 Å². The number of amides is 1. The number of hydrogen-bond donors (Lipinski definition) is 2. The molecule has 26 heavy (non-hydrogen) atoms. The zero-order valence-corrected chi connectivity index (χ0v) is 16.2. The summed E-state index contributed by atoms with van der Waals surface area (Å²) < 4.78 is 5.11. The molecule has 1 aliphatic rings. The largest absolute Gasteiger partial charge is 0.506 e. The number of rotatable bonds is 3. The minimum atomic E-state index is -1.05. The number of carbonyl (C=O) groups excluding carboxylic acids is 3. The van der Waals surface area contributed by atoms with Crippen LogP contribution in [0.2, 0.25) is 5.02 Å². The molecule has 0 bridgehead atoms. The molecule has 0 radical (unpaired) electrons. The number of ether oxygens (including phenoxy) is 1. The molecule has 1 aliphatic carbocycles. The smallest absolute Gasteiger partial charge is 0.325 e. The van der Waals surface area contributed by atoms with Crippen LogP contribution >= 0.6 is 11.6 Å². The molecule has 0 aliphatic heterocycles. The summed E-state index contributed by atoms with van der Waals surface area (Å²) >= 11 is 6.17. The van der Waals surface area contributed by atoms with Crippen molar-refractivity contribution in [2.75, 3.05) is 6.54 Å². The predicted molar refractivity (Wildman–Crippen MR) is 97.9 cm³/mol. The molecule has 140 valence electrons. The van der Waals surface area contributed by atoms with Crippen LogP contribution in [0.1, 0.15) is 45.7 Å². The highest BCUT2D eigenvalue weighted by atomic mass is 35.5. The molecule has 7 heteroatoms. The van der Waals surface area contributed by atoms with Crippen LogP contribution < -0.4 is 5.32 Å². The zero-order chi connectivity index (χ0) is 19.9. The first-order valence-corrected chi connectivity index (χ1v) is 8.51. The van der Waals surface area contributed by atoms with Gasteiger partial charge in [0.1, 0.15) is 23.5 Å². The fraction of sp³-hybridized carbons (Fsp3) is 0.421. The predicted octanol–water partition coefficient (Wildman–Crippen LogP) is 2.93. The maximum atomic E-state index is 12.8. The Morgan fingerprint density at radius 1 is 1.27 bits per heavy atom. The topological polar surface area (TPSA) is 92.7 Å². The van der Waals surface area contributed by atoms with Gasteiger partial charge in [0, 0.05) is 5.56 Å². The molecule has 2 N–H and O–H groups in total. The van der Waals surface area contributed by atoms with E-state index in [9.17, 15) is 19.5 Å². The molecule has 1 amide bonds. The van der Waals surface area contributed by atoms with Gasteiger partial charge in [-0.2, -0.15) is 0 Å².